The number of rotatable bonds is 2. The van der Waals surface area contributed by atoms with Crippen molar-refractivity contribution in [1.82, 2.24) is 10.1 Å². The average Bonchev–Trinajstić information content (AvgIpc) is 2.61. The fraction of sp³-hybridized carbons (Fsp3) is 0.273. The van der Waals surface area contributed by atoms with Gasteiger partial charge in [-0.05, 0) is 12.0 Å². The Morgan fingerprint density at radius 2 is 2.20 bits per heavy atom. The first-order chi connectivity index (χ1) is 7.20. The minimum atomic E-state index is 0.279. The summed E-state index contributed by atoms with van der Waals surface area (Å²) < 4.78 is 5.01. The summed E-state index contributed by atoms with van der Waals surface area (Å²) >= 11 is 0. The lowest BCUT2D eigenvalue weighted by Crippen LogP contribution is -1.93. The maximum absolute atomic E-state index is 5.75. The van der Waals surface area contributed by atoms with Crippen LogP contribution in [0.1, 0.15) is 25.5 Å². The number of pyridine rings is 1. The molecule has 0 aliphatic heterocycles. The molecule has 15 heavy (non-hydrogen) atoms. The molecule has 0 unspecified atom stereocenters. The van der Waals surface area contributed by atoms with Crippen LogP contribution in [-0.4, -0.2) is 10.1 Å². The Morgan fingerprint density at radius 1 is 1.40 bits per heavy atom. The number of nitrogen functional groups attached to an aromatic ring is 1. The van der Waals surface area contributed by atoms with Gasteiger partial charge < -0.3 is 10.3 Å². The molecular formula is C11H13N3O. The van der Waals surface area contributed by atoms with Crippen LogP contribution >= 0.6 is 0 Å². The first-order valence-electron chi connectivity index (χ1n) is 4.85. The van der Waals surface area contributed by atoms with Gasteiger partial charge in [0.15, 0.2) is 0 Å². The molecular weight excluding hydrogens is 190 g/mol. The molecule has 0 fully saturated rings. The Hall–Kier alpha value is -1.84. The van der Waals surface area contributed by atoms with Gasteiger partial charge in [-0.3, -0.25) is 4.98 Å². The SMILES string of the molecule is CC(C)c1noc(N)c1-c1cccnc1. The van der Waals surface area contributed by atoms with Crippen LogP contribution in [0, 0.1) is 0 Å². The largest absolute Gasteiger partial charge is 0.367 e. The highest BCUT2D eigenvalue weighted by Crippen LogP contribution is 2.32. The quantitative estimate of drug-likeness (QED) is 0.814. The van der Waals surface area contributed by atoms with Gasteiger partial charge in [0.05, 0.1) is 11.3 Å². The normalized spacial score (nSPS) is 10.9. The van der Waals surface area contributed by atoms with E-state index in [1.54, 1.807) is 12.4 Å². The summed E-state index contributed by atoms with van der Waals surface area (Å²) in [7, 11) is 0. The summed E-state index contributed by atoms with van der Waals surface area (Å²) in [5.74, 6) is 0.632. The van der Waals surface area contributed by atoms with Gasteiger partial charge in [0.1, 0.15) is 0 Å². The maximum Gasteiger partial charge on any atom is 0.230 e. The molecule has 2 aromatic heterocycles. The molecule has 0 aliphatic carbocycles. The van der Waals surface area contributed by atoms with E-state index >= 15 is 0 Å². The fourth-order valence-corrected chi connectivity index (χ4v) is 1.51. The van der Waals surface area contributed by atoms with E-state index in [-0.39, 0.29) is 5.92 Å². The average molecular weight is 203 g/mol. The van der Waals surface area contributed by atoms with Crippen LogP contribution in [0.25, 0.3) is 11.1 Å². The minimum Gasteiger partial charge on any atom is -0.367 e. The number of anilines is 1. The Kier molecular flexibility index (Phi) is 2.41. The van der Waals surface area contributed by atoms with E-state index in [2.05, 4.69) is 24.0 Å². The van der Waals surface area contributed by atoms with E-state index in [9.17, 15) is 0 Å². The molecule has 0 bridgehead atoms. The molecule has 0 saturated heterocycles. The number of aromatic nitrogens is 2. The first kappa shape index (κ1) is 9.71. The van der Waals surface area contributed by atoms with Gasteiger partial charge in [0.25, 0.3) is 0 Å². The molecule has 4 nitrogen and oxygen atoms in total. The van der Waals surface area contributed by atoms with Crippen molar-refractivity contribution < 1.29 is 4.52 Å². The minimum absolute atomic E-state index is 0.279. The molecule has 0 aromatic carbocycles. The van der Waals surface area contributed by atoms with Crippen LogP contribution in [-0.2, 0) is 0 Å². The number of nitrogens with two attached hydrogens (primary N) is 1. The van der Waals surface area contributed by atoms with Crippen LogP contribution in [0.5, 0.6) is 0 Å². The number of nitrogens with zero attached hydrogens (tertiary/aromatic N) is 2. The van der Waals surface area contributed by atoms with Gasteiger partial charge in [-0.25, -0.2) is 0 Å². The lowest BCUT2D eigenvalue weighted by atomic mass is 10.0. The van der Waals surface area contributed by atoms with E-state index in [4.69, 9.17) is 10.3 Å². The molecule has 2 rings (SSSR count). The molecule has 0 atom stereocenters. The molecule has 0 saturated carbocycles. The van der Waals surface area contributed by atoms with E-state index in [0.29, 0.717) is 5.88 Å². The summed E-state index contributed by atoms with van der Waals surface area (Å²) in [5, 5.41) is 3.96. The van der Waals surface area contributed by atoms with Crippen molar-refractivity contribution >= 4 is 5.88 Å². The highest BCUT2D eigenvalue weighted by Gasteiger charge is 2.17. The van der Waals surface area contributed by atoms with Crippen molar-refractivity contribution in [3.63, 3.8) is 0 Å². The topological polar surface area (TPSA) is 64.9 Å². The number of hydrogen-bond donors (Lipinski definition) is 1. The van der Waals surface area contributed by atoms with Crippen LogP contribution in [0.2, 0.25) is 0 Å². The second-order valence-electron chi connectivity index (χ2n) is 3.70. The maximum atomic E-state index is 5.75. The first-order valence-corrected chi connectivity index (χ1v) is 4.85. The molecule has 0 aliphatic rings. The van der Waals surface area contributed by atoms with Crippen molar-refractivity contribution in [1.29, 1.82) is 0 Å². The second-order valence-corrected chi connectivity index (χ2v) is 3.70. The van der Waals surface area contributed by atoms with Crippen LogP contribution in [0.15, 0.2) is 29.0 Å². The summed E-state index contributed by atoms with van der Waals surface area (Å²) in [5.41, 5.74) is 8.43. The second kappa shape index (κ2) is 3.73. The standard InChI is InChI=1S/C11H13N3O/c1-7(2)10-9(11(12)15-14-10)8-4-3-5-13-6-8/h3-7H,12H2,1-2H3. The smallest absolute Gasteiger partial charge is 0.230 e. The predicted molar refractivity (Wildman–Crippen MR) is 58.2 cm³/mol. The van der Waals surface area contributed by atoms with Crippen LogP contribution in [0.4, 0.5) is 5.88 Å². The van der Waals surface area contributed by atoms with Gasteiger partial charge in [-0.2, -0.15) is 0 Å². The Labute approximate surface area is 88.1 Å². The zero-order valence-electron chi connectivity index (χ0n) is 8.77. The lowest BCUT2D eigenvalue weighted by Gasteiger charge is -2.03. The van der Waals surface area contributed by atoms with Crippen LogP contribution in [0.3, 0.4) is 0 Å². The van der Waals surface area contributed by atoms with Gasteiger partial charge in [-0.1, -0.05) is 25.1 Å². The van der Waals surface area contributed by atoms with Gasteiger partial charge >= 0.3 is 0 Å². The van der Waals surface area contributed by atoms with Gasteiger partial charge in [-0.15, -0.1) is 0 Å². The highest BCUT2D eigenvalue weighted by atomic mass is 16.5. The zero-order chi connectivity index (χ0) is 10.8. The highest BCUT2D eigenvalue weighted by molar-refractivity contribution is 5.74. The molecule has 0 radical (unpaired) electrons. The van der Waals surface area contributed by atoms with Crippen molar-refractivity contribution in [2.45, 2.75) is 19.8 Å². The van der Waals surface area contributed by atoms with Gasteiger partial charge in [0.2, 0.25) is 5.88 Å². The molecule has 78 valence electrons. The third-order valence-corrected chi connectivity index (χ3v) is 2.24. The monoisotopic (exact) mass is 203 g/mol. The van der Waals surface area contributed by atoms with Crippen molar-refractivity contribution in [2.75, 3.05) is 5.73 Å². The van der Waals surface area contributed by atoms with E-state index in [0.717, 1.165) is 16.8 Å². The molecule has 4 heteroatoms. The number of hydrogen-bond acceptors (Lipinski definition) is 4. The van der Waals surface area contributed by atoms with E-state index in [1.807, 2.05) is 12.1 Å². The third kappa shape index (κ3) is 1.70. The molecule has 2 aromatic rings. The van der Waals surface area contributed by atoms with Crippen molar-refractivity contribution in [3.8, 4) is 11.1 Å². The molecule has 2 heterocycles. The zero-order valence-corrected chi connectivity index (χ0v) is 8.77. The van der Waals surface area contributed by atoms with Crippen molar-refractivity contribution in [3.05, 3.63) is 30.2 Å². The Balaban J connectivity index is 2.57. The predicted octanol–water partition coefficient (Wildman–Crippen LogP) is 2.44. The van der Waals surface area contributed by atoms with E-state index < -0.39 is 0 Å². The summed E-state index contributed by atoms with van der Waals surface area (Å²) in [6.45, 7) is 4.11. The third-order valence-electron chi connectivity index (χ3n) is 2.24. The van der Waals surface area contributed by atoms with Crippen molar-refractivity contribution in [2.24, 2.45) is 0 Å². The molecule has 2 N–H and O–H groups in total. The summed E-state index contributed by atoms with van der Waals surface area (Å²) in [4.78, 5) is 4.06. The Morgan fingerprint density at radius 3 is 2.80 bits per heavy atom. The Bertz CT molecular complexity index is 448. The lowest BCUT2D eigenvalue weighted by molar-refractivity contribution is 0.424. The van der Waals surface area contributed by atoms with E-state index in [1.165, 1.54) is 0 Å². The van der Waals surface area contributed by atoms with Gasteiger partial charge in [0, 0.05) is 18.0 Å². The molecule has 0 spiro atoms. The fourth-order valence-electron chi connectivity index (χ4n) is 1.51. The summed E-state index contributed by atoms with van der Waals surface area (Å²) in [6, 6.07) is 3.81. The molecule has 0 amide bonds. The summed E-state index contributed by atoms with van der Waals surface area (Å²) in [6.07, 6.45) is 3.48. The van der Waals surface area contributed by atoms with Crippen LogP contribution < -0.4 is 5.73 Å².